The third kappa shape index (κ3) is 2.94. The van der Waals surface area contributed by atoms with Crippen molar-refractivity contribution < 1.29 is 9.47 Å². The number of benzene rings is 2. The first kappa shape index (κ1) is 12.3. The number of rotatable bonds is 4. The molecule has 0 heterocycles. The molecule has 0 unspecified atom stereocenters. The first-order valence-electron chi connectivity index (χ1n) is 5.96. The molecule has 18 heavy (non-hydrogen) atoms. The van der Waals surface area contributed by atoms with Crippen molar-refractivity contribution in [2.24, 2.45) is 0 Å². The second-order valence-electron chi connectivity index (χ2n) is 4.05. The topological polar surface area (TPSA) is 44.5 Å². The molecule has 0 atom stereocenters. The highest BCUT2D eigenvalue weighted by Gasteiger charge is 2.02. The molecule has 0 spiro atoms. The van der Waals surface area contributed by atoms with E-state index in [4.69, 9.17) is 15.2 Å². The van der Waals surface area contributed by atoms with Crippen molar-refractivity contribution in [1.29, 1.82) is 0 Å². The van der Waals surface area contributed by atoms with E-state index in [2.05, 4.69) is 0 Å². The van der Waals surface area contributed by atoms with Crippen LogP contribution < -0.4 is 15.2 Å². The standard InChI is InChI=1S/C15H17NO2/c1-3-17-12-5-7-13(8-6-12)18-15-9-4-11(2)10-14(15)16/h4-10H,3,16H2,1-2H3. The summed E-state index contributed by atoms with van der Waals surface area (Å²) in [5.74, 6) is 2.25. The normalized spacial score (nSPS) is 10.1. The van der Waals surface area contributed by atoms with E-state index in [1.165, 1.54) is 0 Å². The number of aryl methyl sites for hydroxylation is 1. The number of anilines is 1. The van der Waals surface area contributed by atoms with Gasteiger partial charge < -0.3 is 15.2 Å². The number of nitrogen functional groups attached to an aromatic ring is 1. The van der Waals surface area contributed by atoms with Crippen LogP contribution in [0.15, 0.2) is 42.5 Å². The van der Waals surface area contributed by atoms with Gasteiger partial charge in [-0.15, -0.1) is 0 Å². The average Bonchev–Trinajstić information content (AvgIpc) is 2.35. The lowest BCUT2D eigenvalue weighted by Gasteiger charge is -2.09. The maximum atomic E-state index is 5.90. The van der Waals surface area contributed by atoms with Crippen molar-refractivity contribution in [2.75, 3.05) is 12.3 Å². The van der Waals surface area contributed by atoms with Crippen LogP contribution in [0.3, 0.4) is 0 Å². The van der Waals surface area contributed by atoms with Gasteiger partial charge >= 0.3 is 0 Å². The highest BCUT2D eigenvalue weighted by Crippen LogP contribution is 2.29. The molecule has 0 aromatic heterocycles. The molecule has 0 amide bonds. The van der Waals surface area contributed by atoms with E-state index in [-0.39, 0.29) is 0 Å². The van der Waals surface area contributed by atoms with Crippen LogP contribution in [0.25, 0.3) is 0 Å². The van der Waals surface area contributed by atoms with Crippen LogP contribution in [0.2, 0.25) is 0 Å². The molecule has 0 fully saturated rings. The molecule has 3 nitrogen and oxygen atoms in total. The minimum atomic E-state index is 0.642. The van der Waals surface area contributed by atoms with Gasteiger partial charge in [0.15, 0.2) is 0 Å². The molecule has 94 valence electrons. The van der Waals surface area contributed by atoms with E-state index in [1.54, 1.807) is 0 Å². The summed E-state index contributed by atoms with van der Waals surface area (Å²) >= 11 is 0. The van der Waals surface area contributed by atoms with Gasteiger partial charge in [-0.3, -0.25) is 0 Å². The maximum Gasteiger partial charge on any atom is 0.150 e. The van der Waals surface area contributed by atoms with Crippen molar-refractivity contribution in [3.05, 3.63) is 48.0 Å². The van der Waals surface area contributed by atoms with Gasteiger partial charge in [0.25, 0.3) is 0 Å². The van der Waals surface area contributed by atoms with Crippen LogP contribution in [-0.2, 0) is 0 Å². The maximum absolute atomic E-state index is 5.90. The lowest BCUT2D eigenvalue weighted by molar-refractivity contribution is 0.339. The van der Waals surface area contributed by atoms with Gasteiger partial charge in [-0.05, 0) is 55.8 Å². The second kappa shape index (κ2) is 5.45. The molecule has 0 bridgehead atoms. The van der Waals surface area contributed by atoms with Crippen LogP contribution in [0.1, 0.15) is 12.5 Å². The van der Waals surface area contributed by atoms with Crippen molar-refractivity contribution in [2.45, 2.75) is 13.8 Å². The van der Waals surface area contributed by atoms with Gasteiger partial charge in [0.1, 0.15) is 17.2 Å². The Balaban J connectivity index is 2.13. The minimum Gasteiger partial charge on any atom is -0.494 e. The van der Waals surface area contributed by atoms with E-state index >= 15 is 0 Å². The quantitative estimate of drug-likeness (QED) is 0.831. The van der Waals surface area contributed by atoms with E-state index in [9.17, 15) is 0 Å². The predicted octanol–water partition coefficient (Wildman–Crippen LogP) is 3.77. The van der Waals surface area contributed by atoms with Crippen LogP contribution in [-0.4, -0.2) is 6.61 Å². The van der Waals surface area contributed by atoms with Crippen LogP contribution in [0.4, 0.5) is 5.69 Å². The first-order chi connectivity index (χ1) is 8.69. The Hall–Kier alpha value is -2.16. The summed E-state index contributed by atoms with van der Waals surface area (Å²) in [6.07, 6.45) is 0. The molecule has 2 aromatic rings. The number of hydrogen-bond acceptors (Lipinski definition) is 3. The zero-order chi connectivity index (χ0) is 13.0. The number of nitrogens with two attached hydrogens (primary N) is 1. The lowest BCUT2D eigenvalue weighted by atomic mass is 10.2. The van der Waals surface area contributed by atoms with Gasteiger partial charge in [0.05, 0.1) is 12.3 Å². The summed E-state index contributed by atoms with van der Waals surface area (Å²) < 4.78 is 11.1. The van der Waals surface area contributed by atoms with Crippen molar-refractivity contribution in [3.8, 4) is 17.2 Å². The smallest absolute Gasteiger partial charge is 0.150 e. The lowest BCUT2D eigenvalue weighted by Crippen LogP contribution is -1.93. The Morgan fingerprint density at radius 1 is 1.00 bits per heavy atom. The summed E-state index contributed by atoms with van der Waals surface area (Å²) in [4.78, 5) is 0. The highest BCUT2D eigenvalue weighted by atomic mass is 16.5. The highest BCUT2D eigenvalue weighted by molar-refractivity contribution is 5.55. The van der Waals surface area contributed by atoms with Crippen molar-refractivity contribution >= 4 is 5.69 Å². The average molecular weight is 243 g/mol. The van der Waals surface area contributed by atoms with Crippen LogP contribution in [0.5, 0.6) is 17.2 Å². The molecule has 2 aromatic carbocycles. The fraction of sp³-hybridized carbons (Fsp3) is 0.200. The van der Waals surface area contributed by atoms with Gasteiger partial charge in [0, 0.05) is 0 Å². The SMILES string of the molecule is CCOc1ccc(Oc2ccc(C)cc2N)cc1. The molecular formula is C15H17NO2. The third-order valence-corrected chi connectivity index (χ3v) is 2.53. The van der Waals surface area contributed by atoms with Crippen LogP contribution >= 0.6 is 0 Å². The molecule has 2 N–H and O–H groups in total. The zero-order valence-corrected chi connectivity index (χ0v) is 10.6. The Morgan fingerprint density at radius 2 is 1.67 bits per heavy atom. The summed E-state index contributed by atoms with van der Waals surface area (Å²) in [5.41, 5.74) is 7.66. The summed E-state index contributed by atoms with van der Waals surface area (Å²) in [6, 6.07) is 13.2. The fourth-order valence-electron chi connectivity index (χ4n) is 1.66. The molecule has 3 heteroatoms. The molecule has 2 rings (SSSR count). The summed E-state index contributed by atoms with van der Waals surface area (Å²) in [6.45, 7) is 4.61. The second-order valence-corrected chi connectivity index (χ2v) is 4.05. The molecular weight excluding hydrogens is 226 g/mol. The minimum absolute atomic E-state index is 0.642. The fourth-order valence-corrected chi connectivity index (χ4v) is 1.66. The van der Waals surface area contributed by atoms with Gasteiger partial charge in [-0.1, -0.05) is 6.07 Å². The molecule has 0 saturated heterocycles. The predicted molar refractivity (Wildman–Crippen MR) is 73.3 cm³/mol. The van der Waals surface area contributed by atoms with Crippen molar-refractivity contribution in [1.82, 2.24) is 0 Å². The Kier molecular flexibility index (Phi) is 3.72. The van der Waals surface area contributed by atoms with E-state index < -0.39 is 0 Å². The summed E-state index contributed by atoms with van der Waals surface area (Å²) in [7, 11) is 0. The molecule has 0 radical (unpaired) electrons. The monoisotopic (exact) mass is 243 g/mol. The zero-order valence-electron chi connectivity index (χ0n) is 10.6. The third-order valence-electron chi connectivity index (χ3n) is 2.53. The van der Waals surface area contributed by atoms with Gasteiger partial charge in [0.2, 0.25) is 0 Å². The first-order valence-corrected chi connectivity index (χ1v) is 5.96. The van der Waals surface area contributed by atoms with E-state index in [1.807, 2.05) is 56.3 Å². The largest absolute Gasteiger partial charge is 0.494 e. The number of ether oxygens (including phenoxy) is 2. The Bertz CT molecular complexity index is 521. The van der Waals surface area contributed by atoms with Crippen molar-refractivity contribution in [3.63, 3.8) is 0 Å². The number of hydrogen-bond donors (Lipinski definition) is 1. The van der Waals surface area contributed by atoms with E-state index in [0.717, 1.165) is 17.1 Å². The summed E-state index contributed by atoms with van der Waals surface area (Å²) in [5, 5.41) is 0. The molecule has 0 saturated carbocycles. The Morgan fingerprint density at radius 3 is 2.28 bits per heavy atom. The molecule has 0 aliphatic heterocycles. The van der Waals surface area contributed by atoms with Gasteiger partial charge in [-0.2, -0.15) is 0 Å². The van der Waals surface area contributed by atoms with Gasteiger partial charge in [-0.25, -0.2) is 0 Å². The van der Waals surface area contributed by atoms with Crippen LogP contribution in [0, 0.1) is 6.92 Å². The van der Waals surface area contributed by atoms with E-state index in [0.29, 0.717) is 18.0 Å². The molecule has 0 aliphatic rings. The molecule has 0 aliphatic carbocycles. The Labute approximate surface area is 107 Å².